The van der Waals surface area contributed by atoms with E-state index in [9.17, 15) is 13.2 Å². The van der Waals surface area contributed by atoms with Gasteiger partial charge >= 0.3 is 0 Å². The van der Waals surface area contributed by atoms with Crippen molar-refractivity contribution in [1.82, 2.24) is 9.21 Å². The number of ether oxygens (including phenoxy) is 1. The lowest BCUT2D eigenvalue weighted by Gasteiger charge is -2.35. The molecule has 2 aromatic carbocycles. The normalized spacial score (nSPS) is 19.6. The van der Waals surface area contributed by atoms with Crippen LogP contribution in [0, 0.1) is 5.92 Å². The van der Waals surface area contributed by atoms with Crippen LogP contribution in [0.1, 0.15) is 31.7 Å². The predicted octanol–water partition coefficient (Wildman–Crippen LogP) is 3.38. The second-order valence-corrected chi connectivity index (χ2v) is 11.1. The maximum atomic E-state index is 12.8. The zero-order valence-corrected chi connectivity index (χ0v) is 20.7. The van der Waals surface area contributed by atoms with E-state index in [1.165, 1.54) is 16.3 Å². The first kappa shape index (κ1) is 24.9. The smallest absolute Gasteiger partial charge is 0.243 e. The van der Waals surface area contributed by atoms with Gasteiger partial charge < -0.3 is 10.1 Å². The topological polar surface area (TPSA) is 79.0 Å². The first-order chi connectivity index (χ1) is 16.4. The number of likely N-dealkylation sites (tertiary alicyclic amines) is 1. The third kappa shape index (κ3) is 6.24. The summed E-state index contributed by atoms with van der Waals surface area (Å²) in [6, 6.07) is 16.8. The summed E-state index contributed by atoms with van der Waals surface area (Å²) in [5.74, 6) is 0.638. The van der Waals surface area contributed by atoms with Crippen LogP contribution < -0.4 is 5.32 Å². The van der Waals surface area contributed by atoms with E-state index in [2.05, 4.69) is 40.5 Å². The fourth-order valence-corrected chi connectivity index (χ4v) is 6.11. The third-order valence-electron chi connectivity index (χ3n) is 6.99. The molecule has 1 N–H and O–H groups in total. The largest absolute Gasteiger partial charge is 0.379 e. The Kier molecular flexibility index (Phi) is 8.37. The molecule has 0 aromatic heterocycles. The molecular weight excluding hydrogens is 450 g/mol. The number of anilines is 1. The van der Waals surface area contributed by atoms with Crippen LogP contribution in [-0.2, 0) is 26.0 Å². The summed E-state index contributed by atoms with van der Waals surface area (Å²) < 4.78 is 32.2. The zero-order valence-electron chi connectivity index (χ0n) is 19.9. The van der Waals surface area contributed by atoms with E-state index < -0.39 is 10.0 Å². The fraction of sp³-hybridized carbons (Fsp3) is 0.500. The molecule has 0 saturated carbocycles. The number of amides is 1. The lowest BCUT2D eigenvalue weighted by Crippen LogP contribution is -2.46. The molecule has 0 spiro atoms. The van der Waals surface area contributed by atoms with Gasteiger partial charge in [-0.3, -0.25) is 9.69 Å². The predicted molar refractivity (Wildman–Crippen MR) is 133 cm³/mol. The number of piperidine rings is 1. The number of sulfonamides is 1. The molecule has 34 heavy (non-hydrogen) atoms. The van der Waals surface area contributed by atoms with Gasteiger partial charge in [0.15, 0.2) is 0 Å². The molecule has 2 saturated heterocycles. The lowest BCUT2D eigenvalue weighted by molar-refractivity contribution is -0.121. The highest BCUT2D eigenvalue weighted by Gasteiger charge is 2.28. The van der Waals surface area contributed by atoms with Crippen LogP contribution in [0.15, 0.2) is 59.5 Å². The summed E-state index contributed by atoms with van der Waals surface area (Å²) in [7, 11) is -3.54. The number of hydrogen-bond acceptors (Lipinski definition) is 5. The van der Waals surface area contributed by atoms with Gasteiger partial charge in [0.2, 0.25) is 15.9 Å². The molecule has 0 aliphatic carbocycles. The molecular formula is C26H35N3O4S. The first-order valence-electron chi connectivity index (χ1n) is 12.2. The summed E-state index contributed by atoms with van der Waals surface area (Å²) >= 11 is 0. The highest BCUT2D eigenvalue weighted by molar-refractivity contribution is 7.89. The summed E-state index contributed by atoms with van der Waals surface area (Å²) in [6.07, 6.45) is 4.52. The molecule has 2 aliphatic heterocycles. The quantitative estimate of drug-likeness (QED) is 0.620. The van der Waals surface area contributed by atoms with E-state index in [-0.39, 0.29) is 16.8 Å². The van der Waals surface area contributed by atoms with E-state index >= 15 is 0 Å². The van der Waals surface area contributed by atoms with Gasteiger partial charge in [0.1, 0.15) is 0 Å². The second-order valence-electron chi connectivity index (χ2n) is 9.21. The fourth-order valence-electron chi connectivity index (χ4n) is 4.70. The monoisotopic (exact) mass is 485 g/mol. The Labute approximate surface area is 203 Å². The summed E-state index contributed by atoms with van der Waals surface area (Å²) in [5, 5.41) is 2.95. The first-order valence-corrected chi connectivity index (χ1v) is 13.6. The zero-order chi connectivity index (χ0) is 24.0. The molecule has 0 radical (unpaired) electrons. The molecule has 184 valence electrons. The van der Waals surface area contributed by atoms with Crippen LogP contribution >= 0.6 is 0 Å². The van der Waals surface area contributed by atoms with Gasteiger partial charge in [0, 0.05) is 18.8 Å². The Morgan fingerprint density at radius 3 is 2.29 bits per heavy atom. The summed E-state index contributed by atoms with van der Waals surface area (Å²) in [4.78, 5) is 15.3. The van der Waals surface area contributed by atoms with Crippen LogP contribution in [0.3, 0.4) is 0 Å². The van der Waals surface area contributed by atoms with Gasteiger partial charge in [-0.1, -0.05) is 30.3 Å². The average molecular weight is 486 g/mol. The third-order valence-corrected chi connectivity index (χ3v) is 8.90. The number of rotatable bonds is 8. The van der Waals surface area contributed by atoms with Crippen molar-refractivity contribution >= 4 is 21.6 Å². The Bertz CT molecular complexity index is 1030. The molecule has 2 aliphatic rings. The Morgan fingerprint density at radius 1 is 1.00 bits per heavy atom. The number of morpholine rings is 1. The van der Waals surface area contributed by atoms with E-state index in [1.54, 1.807) is 24.3 Å². The molecule has 0 bridgehead atoms. The van der Waals surface area contributed by atoms with Gasteiger partial charge in [-0.15, -0.1) is 0 Å². The molecule has 2 heterocycles. The Balaban J connectivity index is 1.25. The number of aryl methyl sites for hydroxylation is 1. The van der Waals surface area contributed by atoms with Crippen molar-refractivity contribution in [2.75, 3.05) is 44.7 Å². The van der Waals surface area contributed by atoms with Crippen molar-refractivity contribution in [2.24, 2.45) is 5.92 Å². The van der Waals surface area contributed by atoms with Crippen LogP contribution in [0.5, 0.6) is 0 Å². The molecule has 2 aromatic rings. The molecule has 0 unspecified atom stereocenters. The van der Waals surface area contributed by atoms with Crippen molar-refractivity contribution in [3.63, 3.8) is 0 Å². The van der Waals surface area contributed by atoms with Gasteiger partial charge in [-0.05, 0) is 81.4 Å². The number of carbonyl (C=O) groups is 1. The minimum Gasteiger partial charge on any atom is -0.379 e. The number of benzene rings is 2. The maximum Gasteiger partial charge on any atom is 0.243 e. The van der Waals surface area contributed by atoms with Crippen molar-refractivity contribution < 1.29 is 17.9 Å². The number of carbonyl (C=O) groups excluding carboxylic acids is 1. The highest BCUT2D eigenvalue weighted by Crippen LogP contribution is 2.24. The lowest BCUT2D eigenvalue weighted by atomic mass is 9.90. The van der Waals surface area contributed by atoms with Crippen molar-refractivity contribution in [3.05, 3.63) is 60.2 Å². The average Bonchev–Trinajstić information content (AvgIpc) is 2.89. The number of nitrogens with one attached hydrogen (secondary N) is 1. The minimum atomic E-state index is -3.54. The molecule has 1 atom stereocenters. The molecule has 7 nitrogen and oxygen atoms in total. The molecule has 1 amide bonds. The molecule has 4 rings (SSSR count). The van der Waals surface area contributed by atoms with E-state index in [0.717, 1.165) is 32.4 Å². The van der Waals surface area contributed by atoms with E-state index in [0.29, 0.717) is 37.9 Å². The van der Waals surface area contributed by atoms with Gasteiger partial charge in [-0.2, -0.15) is 4.31 Å². The van der Waals surface area contributed by atoms with Gasteiger partial charge in [-0.25, -0.2) is 8.42 Å². The molecule has 2 fully saturated rings. The van der Waals surface area contributed by atoms with Gasteiger partial charge in [0.25, 0.3) is 0 Å². The van der Waals surface area contributed by atoms with Crippen LogP contribution in [0.2, 0.25) is 0 Å². The van der Waals surface area contributed by atoms with Crippen molar-refractivity contribution in [2.45, 2.75) is 43.5 Å². The Morgan fingerprint density at radius 2 is 1.65 bits per heavy atom. The molecule has 8 heteroatoms. The standard InChI is InChI=1S/C26H35N3O4S/c1-21(28-15-13-23(14-16-28)8-7-22-5-3-2-4-6-22)26(30)27-24-9-11-25(12-10-24)34(31,32)29-17-19-33-20-18-29/h2-6,9-12,21,23H,7-8,13-20H2,1H3,(H,27,30)/t21-/m1/s1. The van der Waals surface area contributed by atoms with Crippen LogP contribution in [0.25, 0.3) is 0 Å². The van der Waals surface area contributed by atoms with Crippen LogP contribution in [-0.4, -0.2) is 69.0 Å². The van der Waals surface area contributed by atoms with Crippen molar-refractivity contribution in [1.29, 1.82) is 0 Å². The van der Waals surface area contributed by atoms with E-state index in [1.807, 2.05) is 6.92 Å². The van der Waals surface area contributed by atoms with Crippen LogP contribution in [0.4, 0.5) is 5.69 Å². The Hall–Kier alpha value is -2.26. The number of nitrogens with zero attached hydrogens (tertiary/aromatic N) is 2. The second kappa shape index (κ2) is 11.4. The van der Waals surface area contributed by atoms with Crippen molar-refractivity contribution in [3.8, 4) is 0 Å². The minimum absolute atomic E-state index is 0.0634. The maximum absolute atomic E-state index is 12.8. The number of hydrogen-bond donors (Lipinski definition) is 1. The highest BCUT2D eigenvalue weighted by atomic mass is 32.2. The van der Waals surface area contributed by atoms with Gasteiger partial charge in [0.05, 0.1) is 24.2 Å². The SMILES string of the molecule is C[C@H](C(=O)Nc1ccc(S(=O)(=O)N2CCOCC2)cc1)N1CCC(CCc2ccccc2)CC1. The summed E-state index contributed by atoms with van der Waals surface area (Å²) in [5.41, 5.74) is 2.00. The van der Waals surface area contributed by atoms with E-state index in [4.69, 9.17) is 4.74 Å². The summed E-state index contributed by atoms with van der Waals surface area (Å²) in [6.45, 7) is 5.33.